The highest BCUT2D eigenvalue weighted by Gasteiger charge is 2.22. The average molecular weight is 297 g/mol. The Morgan fingerprint density at radius 3 is 2.65 bits per heavy atom. The number of aromatic nitrogens is 1. The molecule has 5 N–H and O–H groups in total. The molecule has 0 bridgehead atoms. The number of carbonyl (C=O) groups is 1. The molecule has 0 aromatic carbocycles. The monoisotopic (exact) mass is 297 g/mol. The van der Waals surface area contributed by atoms with E-state index in [-0.39, 0.29) is 17.5 Å². The van der Waals surface area contributed by atoms with Crippen molar-refractivity contribution in [3.05, 3.63) is 4.88 Å². The van der Waals surface area contributed by atoms with Gasteiger partial charge in [-0.05, 0) is 46.7 Å². The highest BCUT2D eigenvalue weighted by atomic mass is 32.1. The summed E-state index contributed by atoms with van der Waals surface area (Å²) in [6.45, 7) is 8.01. The van der Waals surface area contributed by atoms with Gasteiger partial charge in [0.1, 0.15) is 10.7 Å². The number of piperidine rings is 1. The van der Waals surface area contributed by atoms with Gasteiger partial charge in [0.2, 0.25) is 0 Å². The van der Waals surface area contributed by atoms with Crippen LogP contribution in [0.25, 0.3) is 0 Å². The molecule has 0 atom stereocenters. The van der Waals surface area contributed by atoms with Crippen molar-refractivity contribution in [2.75, 3.05) is 24.1 Å². The third-order valence-electron chi connectivity index (χ3n) is 3.02. The van der Waals surface area contributed by atoms with Crippen LogP contribution < -0.4 is 21.7 Å². The summed E-state index contributed by atoms with van der Waals surface area (Å²) < 4.78 is 0. The number of nitrogen functional groups attached to an aromatic ring is 1. The van der Waals surface area contributed by atoms with Crippen molar-refractivity contribution in [1.82, 2.24) is 15.6 Å². The molecule has 0 unspecified atom stereocenters. The summed E-state index contributed by atoms with van der Waals surface area (Å²) in [4.78, 5) is 17.0. The van der Waals surface area contributed by atoms with Crippen LogP contribution in [0.1, 0.15) is 43.3 Å². The molecule has 1 fully saturated rings. The first-order chi connectivity index (χ1) is 9.35. The zero-order valence-corrected chi connectivity index (χ0v) is 13.1. The van der Waals surface area contributed by atoms with Crippen molar-refractivity contribution in [3.8, 4) is 0 Å². The molecule has 2 rings (SSSR count). The van der Waals surface area contributed by atoms with Crippen LogP contribution in [0.2, 0.25) is 0 Å². The SMILES string of the molecule is CC(C)(C)Nc1nc(N)c(C(=O)NC2CCNCC2)s1. The maximum Gasteiger partial charge on any atom is 0.265 e. The Balaban J connectivity index is 2.02. The summed E-state index contributed by atoms with van der Waals surface area (Å²) in [5.41, 5.74) is 5.75. The van der Waals surface area contributed by atoms with Gasteiger partial charge in [0.25, 0.3) is 5.91 Å². The van der Waals surface area contributed by atoms with E-state index in [9.17, 15) is 4.79 Å². The van der Waals surface area contributed by atoms with E-state index >= 15 is 0 Å². The van der Waals surface area contributed by atoms with Crippen LogP contribution >= 0.6 is 11.3 Å². The lowest BCUT2D eigenvalue weighted by Gasteiger charge is -2.23. The molecule has 0 aliphatic carbocycles. The molecule has 7 heteroatoms. The van der Waals surface area contributed by atoms with E-state index in [0.717, 1.165) is 25.9 Å². The maximum absolute atomic E-state index is 12.2. The topological polar surface area (TPSA) is 92.1 Å². The molecule has 1 amide bonds. The van der Waals surface area contributed by atoms with Crippen LogP contribution in [0.5, 0.6) is 0 Å². The lowest BCUT2D eigenvalue weighted by molar-refractivity contribution is 0.0934. The van der Waals surface area contributed by atoms with Crippen molar-refractivity contribution in [2.45, 2.75) is 45.2 Å². The van der Waals surface area contributed by atoms with E-state index < -0.39 is 0 Å². The van der Waals surface area contributed by atoms with Gasteiger partial charge in [-0.3, -0.25) is 4.79 Å². The molecule has 0 radical (unpaired) electrons. The number of carbonyl (C=O) groups excluding carboxylic acids is 1. The molecule has 0 saturated carbocycles. The second-order valence-electron chi connectivity index (χ2n) is 6.11. The average Bonchev–Trinajstić information content (AvgIpc) is 2.69. The standard InChI is InChI=1S/C13H23N5OS/c1-13(2,3)18-12-17-10(14)9(20-12)11(19)16-8-4-6-15-7-5-8/h8,15H,4-7,14H2,1-3H3,(H,16,19)(H,17,18). The molecular weight excluding hydrogens is 274 g/mol. The number of rotatable bonds is 3. The summed E-state index contributed by atoms with van der Waals surface area (Å²) in [6, 6.07) is 0.226. The quantitative estimate of drug-likeness (QED) is 0.677. The third-order valence-corrected chi connectivity index (χ3v) is 4.00. The second kappa shape index (κ2) is 5.97. The largest absolute Gasteiger partial charge is 0.382 e. The number of amides is 1. The molecule has 1 aliphatic rings. The highest BCUT2D eigenvalue weighted by molar-refractivity contribution is 7.18. The summed E-state index contributed by atoms with van der Waals surface area (Å²) >= 11 is 1.31. The zero-order valence-electron chi connectivity index (χ0n) is 12.2. The number of hydrogen-bond acceptors (Lipinski definition) is 6. The Kier molecular flexibility index (Phi) is 4.49. The van der Waals surface area contributed by atoms with Gasteiger partial charge in [0.05, 0.1) is 0 Å². The fourth-order valence-electron chi connectivity index (χ4n) is 2.09. The molecule has 2 heterocycles. The first-order valence-corrected chi connectivity index (χ1v) is 7.73. The lowest BCUT2D eigenvalue weighted by atomic mass is 10.1. The van der Waals surface area contributed by atoms with Crippen LogP contribution in [0.15, 0.2) is 0 Å². The molecular formula is C13H23N5OS. The third kappa shape index (κ3) is 4.08. The summed E-state index contributed by atoms with van der Waals surface area (Å²) in [5.74, 6) is 0.182. The van der Waals surface area contributed by atoms with Crippen molar-refractivity contribution >= 4 is 28.2 Å². The van der Waals surface area contributed by atoms with Crippen molar-refractivity contribution in [3.63, 3.8) is 0 Å². The van der Waals surface area contributed by atoms with Gasteiger partial charge in [-0.25, -0.2) is 4.98 Å². The molecule has 20 heavy (non-hydrogen) atoms. The summed E-state index contributed by atoms with van der Waals surface area (Å²) in [5, 5.41) is 10.2. The van der Waals surface area contributed by atoms with E-state index in [0.29, 0.717) is 15.8 Å². The molecule has 1 aromatic rings. The van der Waals surface area contributed by atoms with Gasteiger partial charge < -0.3 is 21.7 Å². The first kappa shape index (κ1) is 15.1. The molecule has 1 saturated heterocycles. The second-order valence-corrected chi connectivity index (χ2v) is 7.11. The Morgan fingerprint density at radius 2 is 2.05 bits per heavy atom. The Morgan fingerprint density at radius 1 is 1.40 bits per heavy atom. The van der Waals surface area contributed by atoms with Crippen molar-refractivity contribution in [1.29, 1.82) is 0 Å². The molecule has 1 aliphatic heterocycles. The Labute approximate surface area is 123 Å². The van der Waals surface area contributed by atoms with Gasteiger partial charge in [-0.2, -0.15) is 0 Å². The maximum atomic E-state index is 12.2. The van der Waals surface area contributed by atoms with E-state index in [2.05, 4.69) is 20.9 Å². The first-order valence-electron chi connectivity index (χ1n) is 6.91. The minimum atomic E-state index is -0.117. The Bertz CT molecular complexity index is 474. The summed E-state index contributed by atoms with van der Waals surface area (Å²) in [7, 11) is 0. The van der Waals surface area contributed by atoms with E-state index in [1.165, 1.54) is 11.3 Å². The van der Waals surface area contributed by atoms with Crippen LogP contribution in [0.4, 0.5) is 10.9 Å². The number of nitrogens with zero attached hydrogens (tertiary/aromatic N) is 1. The molecule has 0 spiro atoms. The van der Waals surface area contributed by atoms with Gasteiger partial charge in [0.15, 0.2) is 5.13 Å². The van der Waals surface area contributed by atoms with Crippen LogP contribution in [-0.2, 0) is 0 Å². The predicted octanol–water partition coefficient (Wildman–Crippen LogP) is 1.42. The summed E-state index contributed by atoms with van der Waals surface area (Å²) in [6.07, 6.45) is 1.91. The van der Waals surface area contributed by atoms with Crippen LogP contribution in [-0.4, -0.2) is 35.6 Å². The minimum absolute atomic E-state index is 0.104. The fourth-order valence-corrected chi connectivity index (χ4v) is 3.08. The van der Waals surface area contributed by atoms with Crippen molar-refractivity contribution in [2.24, 2.45) is 0 Å². The van der Waals surface area contributed by atoms with Crippen LogP contribution in [0, 0.1) is 0 Å². The lowest BCUT2D eigenvalue weighted by Crippen LogP contribution is -2.42. The predicted molar refractivity (Wildman–Crippen MR) is 83.3 cm³/mol. The normalized spacial score (nSPS) is 16.9. The fraction of sp³-hybridized carbons (Fsp3) is 0.692. The van der Waals surface area contributed by atoms with Crippen LogP contribution in [0.3, 0.4) is 0 Å². The van der Waals surface area contributed by atoms with Gasteiger partial charge in [-0.1, -0.05) is 11.3 Å². The van der Waals surface area contributed by atoms with Gasteiger partial charge >= 0.3 is 0 Å². The number of hydrogen-bond donors (Lipinski definition) is 4. The zero-order chi connectivity index (χ0) is 14.8. The highest BCUT2D eigenvalue weighted by Crippen LogP contribution is 2.27. The number of nitrogens with two attached hydrogens (primary N) is 1. The molecule has 6 nitrogen and oxygen atoms in total. The van der Waals surface area contributed by atoms with Gasteiger partial charge in [-0.15, -0.1) is 0 Å². The van der Waals surface area contributed by atoms with Crippen molar-refractivity contribution < 1.29 is 4.79 Å². The minimum Gasteiger partial charge on any atom is -0.382 e. The molecule has 112 valence electrons. The number of thiazole rings is 1. The van der Waals surface area contributed by atoms with E-state index in [1.54, 1.807) is 0 Å². The van der Waals surface area contributed by atoms with E-state index in [1.807, 2.05) is 20.8 Å². The number of anilines is 2. The Hall–Kier alpha value is -1.34. The number of nitrogens with one attached hydrogen (secondary N) is 3. The van der Waals surface area contributed by atoms with E-state index in [4.69, 9.17) is 5.73 Å². The van der Waals surface area contributed by atoms with Gasteiger partial charge in [0, 0.05) is 11.6 Å². The molecule has 1 aromatic heterocycles. The smallest absolute Gasteiger partial charge is 0.265 e.